The minimum absolute atomic E-state index is 0.0591. The molecule has 0 unspecified atom stereocenters. The van der Waals surface area contributed by atoms with Crippen molar-refractivity contribution in [3.05, 3.63) is 36.0 Å². The van der Waals surface area contributed by atoms with Crippen molar-refractivity contribution in [3.8, 4) is 0 Å². The van der Waals surface area contributed by atoms with Crippen molar-refractivity contribution in [1.29, 1.82) is 0 Å². The van der Waals surface area contributed by atoms with Gasteiger partial charge in [-0.3, -0.25) is 0 Å². The third-order valence-electron chi connectivity index (χ3n) is 4.92. The van der Waals surface area contributed by atoms with Crippen LogP contribution in [0.2, 0.25) is 0 Å². The fourth-order valence-electron chi connectivity index (χ4n) is 3.93. The second kappa shape index (κ2) is 4.34. The molecule has 1 saturated heterocycles. The van der Waals surface area contributed by atoms with Crippen LogP contribution in [0.1, 0.15) is 19.8 Å². The highest BCUT2D eigenvalue weighted by Crippen LogP contribution is 2.50. The van der Waals surface area contributed by atoms with E-state index in [0.29, 0.717) is 5.57 Å². The summed E-state index contributed by atoms with van der Waals surface area (Å²) in [6.45, 7) is 10.2. The Labute approximate surface area is 114 Å². The summed E-state index contributed by atoms with van der Waals surface area (Å²) < 4.78 is 11.2. The number of rotatable bonds is 1. The van der Waals surface area contributed by atoms with E-state index in [2.05, 4.69) is 26.2 Å². The topological polar surface area (TPSA) is 35.5 Å². The van der Waals surface area contributed by atoms with Crippen molar-refractivity contribution in [2.24, 2.45) is 17.8 Å². The smallest absolute Gasteiger partial charge is 0.334 e. The molecule has 0 aromatic carbocycles. The van der Waals surface area contributed by atoms with Gasteiger partial charge in [0.2, 0.25) is 0 Å². The molecule has 5 atom stereocenters. The van der Waals surface area contributed by atoms with E-state index in [1.807, 2.05) is 0 Å². The number of esters is 1. The molecule has 1 aliphatic heterocycles. The van der Waals surface area contributed by atoms with E-state index >= 15 is 0 Å². The van der Waals surface area contributed by atoms with E-state index in [0.717, 1.165) is 12.8 Å². The summed E-state index contributed by atoms with van der Waals surface area (Å²) in [5, 5.41) is 0. The Bertz CT molecular complexity index is 488. The summed E-state index contributed by atoms with van der Waals surface area (Å²) in [7, 11) is 1.73. The number of methoxy groups -OCH3 is 1. The predicted molar refractivity (Wildman–Crippen MR) is 72.4 cm³/mol. The lowest BCUT2D eigenvalue weighted by Gasteiger charge is -2.29. The molecule has 3 nitrogen and oxygen atoms in total. The maximum Gasteiger partial charge on any atom is 0.334 e. The summed E-state index contributed by atoms with van der Waals surface area (Å²) in [6, 6.07) is 0. The normalized spacial score (nSPS) is 41.5. The molecular weight excluding hydrogens is 240 g/mol. The van der Waals surface area contributed by atoms with Gasteiger partial charge in [0.05, 0.1) is 6.10 Å². The number of hydrogen-bond donors (Lipinski definition) is 0. The Morgan fingerprint density at radius 2 is 2.11 bits per heavy atom. The molecule has 2 fully saturated rings. The minimum atomic E-state index is -0.227. The summed E-state index contributed by atoms with van der Waals surface area (Å²) >= 11 is 0. The summed E-state index contributed by atoms with van der Waals surface area (Å²) in [5.41, 5.74) is 3.09. The van der Waals surface area contributed by atoms with Gasteiger partial charge >= 0.3 is 5.97 Å². The SMILES string of the molecule is C=C1CC[C@H]2C(=C)C(=O)O[C@@H]2[C@H]2C(C)=C[C@@H](OC)[C@@H]12. The first-order valence-electron chi connectivity index (χ1n) is 6.83. The van der Waals surface area contributed by atoms with Gasteiger partial charge in [-0.15, -0.1) is 0 Å². The monoisotopic (exact) mass is 260 g/mol. The van der Waals surface area contributed by atoms with Crippen molar-refractivity contribution in [2.45, 2.75) is 32.0 Å². The van der Waals surface area contributed by atoms with Gasteiger partial charge in [-0.05, 0) is 19.8 Å². The van der Waals surface area contributed by atoms with Gasteiger partial charge < -0.3 is 9.47 Å². The fraction of sp³-hybridized carbons (Fsp3) is 0.562. The Kier molecular flexibility index (Phi) is 2.90. The maximum absolute atomic E-state index is 11.8. The molecule has 3 aliphatic rings. The third kappa shape index (κ3) is 1.71. The molecule has 3 rings (SSSR count). The molecule has 19 heavy (non-hydrogen) atoms. The van der Waals surface area contributed by atoms with Gasteiger partial charge in [0.1, 0.15) is 6.10 Å². The van der Waals surface area contributed by atoms with E-state index in [-0.39, 0.29) is 35.9 Å². The molecule has 2 aliphatic carbocycles. The van der Waals surface area contributed by atoms with Crippen LogP contribution in [-0.2, 0) is 14.3 Å². The molecule has 102 valence electrons. The molecule has 0 spiro atoms. The quantitative estimate of drug-likeness (QED) is 0.413. The van der Waals surface area contributed by atoms with Crippen molar-refractivity contribution < 1.29 is 14.3 Å². The van der Waals surface area contributed by atoms with Gasteiger partial charge in [-0.2, -0.15) is 0 Å². The van der Waals surface area contributed by atoms with Crippen LogP contribution in [0, 0.1) is 17.8 Å². The van der Waals surface area contributed by atoms with E-state index in [9.17, 15) is 4.79 Å². The van der Waals surface area contributed by atoms with Gasteiger partial charge in [-0.1, -0.05) is 30.4 Å². The number of carbonyl (C=O) groups excluding carboxylic acids is 1. The van der Waals surface area contributed by atoms with Gasteiger partial charge in [0, 0.05) is 30.4 Å². The van der Waals surface area contributed by atoms with Crippen molar-refractivity contribution >= 4 is 5.97 Å². The lowest BCUT2D eigenvalue weighted by molar-refractivity contribution is -0.141. The molecule has 1 saturated carbocycles. The minimum Gasteiger partial charge on any atom is -0.458 e. The molecule has 0 bridgehead atoms. The molecule has 0 N–H and O–H groups in total. The molecule has 1 heterocycles. The van der Waals surface area contributed by atoms with E-state index in [4.69, 9.17) is 9.47 Å². The highest BCUT2D eigenvalue weighted by molar-refractivity contribution is 5.91. The van der Waals surface area contributed by atoms with E-state index < -0.39 is 0 Å². The molecular formula is C16H20O3. The van der Waals surface area contributed by atoms with Crippen molar-refractivity contribution in [3.63, 3.8) is 0 Å². The van der Waals surface area contributed by atoms with Gasteiger partial charge in [0.25, 0.3) is 0 Å². The second-order valence-corrected chi connectivity index (χ2v) is 5.86. The summed E-state index contributed by atoms with van der Waals surface area (Å²) in [4.78, 5) is 11.8. The Morgan fingerprint density at radius 1 is 1.37 bits per heavy atom. The summed E-state index contributed by atoms with van der Waals surface area (Å²) in [5.74, 6) is 0.347. The number of carbonyl (C=O) groups is 1. The first-order valence-corrected chi connectivity index (χ1v) is 6.83. The van der Waals surface area contributed by atoms with E-state index in [1.54, 1.807) is 7.11 Å². The van der Waals surface area contributed by atoms with E-state index in [1.165, 1.54) is 11.1 Å². The molecule has 0 amide bonds. The highest BCUT2D eigenvalue weighted by atomic mass is 16.6. The zero-order valence-electron chi connectivity index (χ0n) is 11.5. The summed E-state index contributed by atoms with van der Waals surface area (Å²) in [6.07, 6.45) is 3.95. The predicted octanol–water partition coefficient (Wildman–Crippen LogP) is 2.64. The van der Waals surface area contributed by atoms with Crippen LogP contribution >= 0.6 is 0 Å². The first-order chi connectivity index (χ1) is 9.04. The molecule has 0 radical (unpaired) electrons. The average Bonchev–Trinajstić information content (AvgIpc) is 2.80. The van der Waals surface area contributed by atoms with Crippen LogP contribution in [0.15, 0.2) is 36.0 Å². The zero-order chi connectivity index (χ0) is 13.7. The number of ether oxygens (including phenoxy) is 2. The van der Waals surface area contributed by atoms with Crippen LogP contribution < -0.4 is 0 Å². The van der Waals surface area contributed by atoms with Crippen LogP contribution in [0.5, 0.6) is 0 Å². The number of hydrogen-bond acceptors (Lipinski definition) is 3. The lowest BCUT2D eigenvalue weighted by atomic mass is 9.80. The van der Waals surface area contributed by atoms with Crippen molar-refractivity contribution in [1.82, 2.24) is 0 Å². The van der Waals surface area contributed by atoms with Crippen LogP contribution in [0.3, 0.4) is 0 Å². The van der Waals surface area contributed by atoms with Crippen LogP contribution in [0.4, 0.5) is 0 Å². The average molecular weight is 260 g/mol. The van der Waals surface area contributed by atoms with Crippen LogP contribution in [-0.4, -0.2) is 25.3 Å². The first kappa shape index (κ1) is 12.7. The second-order valence-electron chi connectivity index (χ2n) is 5.86. The fourth-order valence-corrected chi connectivity index (χ4v) is 3.93. The highest BCUT2D eigenvalue weighted by Gasteiger charge is 2.52. The standard InChI is InChI=1S/C16H20O3/c1-8-5-6-11-10(3)16(17)19-15(11)14-9(2)7-12(18-4)13(8)14/h7,11-15H,1,3,5-6H2,2,4H3/t11-,12+,13+,14-,15-/m0/s1. The Balaban J connectivity index is 2.01. The molecule has 0 aromatic heterocycles. The van der Waals surface area contributed by atoms with Crippen LogP contribution in [0.25, 0.3) is 0 Å². The molecule has 3 heteroatoms. The Morgan fingerprint density at radius 3 is 2.79 bits per heavy atom. The molecule has 0 aromatic rings. The zero-order valence-corrected chi connectivity index (χ0v) is 11.5. The third-order valence-corrected chi connectivity index (χ3v) is 4.92. The van der Waals surface area contributed by atoms with Crippen molar-refractivity contribution in [2.75, 3.05) is 7.11 Å². The lowest BCUT2D eigenvalue weighted by Crippen LogP contribution is -2.33. The number of fused-ring (bicyclic) bond motifs is 3. The largest absolute Gasteiger partial charge is 0.458 e. The van der Waals surface area contributed by atoms with Gasteiger partial charge in [-0.25, -0.2) is 4.79 Å². The van der Waals surface area contributed by atoms with Gasteiger partial charge in [0.15, 0.2) is 0 Å². The Hall–Kier alpha value is -1.35. The maximum atomic E-state index is 11.8.